The molecule has 0 spiro atoms. The van der Waals surface area contributed by atoms with Crippen LogP contribution in [-0.2, 0) is 10.8 Å². The van der Waals surface area contributed by atoms with Crippen LogP contribution in [0.15, 0.2) is 217 Å². The molecule has 3 heteroatoms. The molecular weight excluding hydrogens is 803 g/mol. The van der Waals surface area contributed by atoms with Gasteiger partial charge in [-0.3, -0.25) is 0 Å². The lowest BCUT2D eigenvalue weighted by Gasteiger charge is -2.46. The van der Waals surface area contributed by atoms with Crippen molar-refractivity contribution in [2.45, 2.75) is 51.4 Å². The fourth-order valence-electron chi connectivity index (χ4n) is 11.6. The average Bonchev–Trinajstić information content (AvgIpc) is 3.90. The lowest BCUT2D eigenvalue weighted by atomic mass is 9.63. The quantitative estimate of drug-likeness (QED) is 0.115. The van der Waals surface area contributed by atoms with Crippen LogP contribution in [0, 0.1) is 0 Å². The van der Waals surface area contributed by atoms with Gasteiger partial charge >= 0.3 is 0 Å². The molecule has 314 valence electrons. The second kappa shape index (κ2) is 14.9. The van der Waals surface area contributed by atoms with Gasteiger partial charge in [0.25, 0.3) is 0 Å². The summed E-state index contributed by atoms with van der Waals surface area (Å²) in [6, 6.07) is 79.7. The topological polar surface area (TPSA) is 18.1 Å². The van der Waals surface area contributed by atoms with Crippen LogP contribution in [0.2, 0.25) is 0 Å². The molecule has 0 unspecified atom stereocenters. The normalized spacial score (nSPS) is 14.6. The number of aromatic nitrogens is 1. The summed E-state index contributed by atoms with van der Waals surface area (Å²) in [6.07, 6.45) is 2.29. The van der Waals surface area contributed by atoms with E-state index in [1.54, 1.807) is 0 Å². The summed E-state index contributed by atoms with van der Waals surface area (Å²) in [7, 11) is -3.15. The van der Waals surface area contributed by atoms with E-state index in [-0.39, 0.29) is 10.8 Å². The Kier molecular flexibility index (Phi) is 9.05. The van der Waals surface area contributed by atoms with Crippen LogP contribution in [0.5, 0.6) is 0 Å². The van der Waals surface area contributed by atoms with Crippen LogP contribution in [0.1, 0.15) is 51.7 Å². The standard InChI is InChI=1S/C62H51NOSi/c1-61(2)38-39-62(3,4)58-52(61)32-21-35-56(58)65(44-26-13-7-14-27-44,45-28-15-8-16-29-45)46-40-50(42-22-9-5-10-23-42)59(51(41-46)43-24-11-6-12-25-43)63-53-33-19-17-31-49(53)57-54(63)37-36-48-47-30-18-20-34-55(47)64-60(48)57/h5-37,40-41H,38-39H2,1-4H3. The highest BCUT2D eigenvalue weighted by Gasteiger charge is 2.48. The third-order valence-corrected chi connectivity index (χ3v) is 19.6. The van der Waals surface area contributed by atoms with Gasteiger partial charge in [-0.1, -0.05) is 216 Å². The lowest BCUT2D eigenvalue weighted by Crippen LogP contribution is -2.76. The molecule has 65 heavy (non-hydrogen) atoms. The number of rotatable bonds is 7. The van der Waals surface area contributed by atoms with Crippen molar-refractivity contribution in [3.05, 3.63) is 223 Å². The van der Waals surface area contributed by atoms with Crippen molar-refractivity contribution in [2.24, 2.45) is 0 Å². The second-order valence-electron chi connectivity index (χ2n) is 19.4. The van der Waals surface area contributed by atoms with Gasteiger partial charge in [0.1, 0.15) is 11.2 Å². The predicted molar refractivity (Wildman–Crippen MR) is 278 cm³/mol. The van der Waals surface area contributed by atoms with E-state index >= 15 is 0 Å². The van der Waals surface area contributed by atoms with E-state index in [0.717, 1.165) is 56.9 Å². The van der Waals surface area contributed by atoms with Crippen molar-refractivity contribution in [3.8, 4) is 27.9 Å². The third-order valence-electron chi connectivity index (χ3n) is 14.8. The van der Waals surface area contributed by atoms with Crippen molar-refractivity contribution < 1.29 is 4.42 Å². The van der Waals surface area contributed by atoms with Gasteiger partial charge in [0.2, 0.25) is 0 Å². The summed E-state index contributed by atoms with van der Waals surface area (Å²) < 4.78 is 9.37. The molecule has 0 aliphatic heterocycles. The number of fused-ring (bicyclic) bond motifs is 8. The Hall–Kier alpha value is -7.20. The first kappa shape index (κ1) is 39.4. The number of para-hydroxylation sites is 2. The monoisotopic (exact) mass is 853 g/mol. The first-order chi connectivity index (χ1) is 31.8. The van der Waals surface area contributed by atoms with Crippen molar-refractivity contribution in [1.29, 1.82) is 0 Å². The van der Waals surface area contributed by atoms with E-state index < -0.39 is 8.07 Å². The molecule has 0 radical (unpaired) electrons. The molecule has 0 saturated heterocycles. The molecule has 0 fully saturated rings. The van der Waals surface area contributed by atoms with Crippen LogP contribution in [-0.4, -0.2) is 12.6 Å². The van der Waals surface area contributed by atoms with Gasteiger partial charge in [0.05, 0.1) is 22.1 Å². The van der Waals surface area contributed by atoms with E-state index in [4.69, 9.17) is 4.42 Å². The second-order valence-corrected chi connectivity index (χ2v) is 23.2. The highest BCUT2D eigenvalue weighted by molar-refractivity contribution is 7.20. The van der Waals surface area contributed by atoms with E-state index in [1.165, 1.54) is 59.5 Å². The Bertz CT molecular complexity index is 3480. The number of nitrogens with zero attached hydrogens (tertiary/aromatic N) is 1. The number of benzene rings is 9. The zero-order chi connectivity index (χ0) is 43.9. The molecule has 0 atom stereocenters. The summed E-state index contributed by atoms with van der Waals surface area (Å²) in [5.41, 5.74) is 13.0. The third kappa shape index (κ3) is 5.99. The molecule has 1 aliphatic rings. The zero-order valence-electron chi connectivity index (χ0n) is 37.5. The molecule has 0 saturated carbocycles. The molecule has 12 rings (SSSR count). The van der Waals surface area contributed by atoms with Crippen molar-refractivity contribution in [3.63, 3.8) is 0 Å². The zero-order valence-corrected chi connectivity index (χ0v) is 38.5. The molecule has 0 bridgehead atoms. The van der Waals surface area contributed by atoms with E-state index in [1.807, 2.05) is 0 Å². The van der Waals surface area contributed by atoms with Crippen molar-refractivity contribution in [1.82, 2.24) is 4.57 Å². The van der Waals surface area contributed by atoms with E-state index in [2.05, 4.69) is 245 Å². The maximum Gasteiger partial charge on any atom is 0.179 e. The summed E-state index contributed by atoms with van der Waals surface area (Å²) in [4.78, 5) is 0. The highest BCUT2D eigenvalue weighted by Crippen LogP contribution is 2.47. The SMILES string of the molecule is CC1(C)CCC(C)(C)c2c1cccc2[Si](c1ccccc1)(c1ccccc1)c1cc(-c2ccccc2)c(-n2c3ccccc3c3c4oc5ccccc5c4ccc32)c(-c2ccccc2)c1. The maximum absolute atomic E-state index is 6.83. The van der Waals surface area contributed by atoms with Crippen LogP contribution < -0.4 is 20.7 Å². The first-order valence-corrected chi connectivity index (χ1v) is 25.1. The van der Waals surface area contributed by atoms with Crippen LogP contribution in [0.3, 0.4) is 0 Å². The Morgan fingerprint density at radius 2 is 0.985 bits per heavy atom. The average molecular weight is 854 g/mol. The smallest absolute Gasteiger partial charge is 0.179 e. The Balaban J connectivity index is 1.29. The summed E-state index contributed by atoms with van der Waals surface area (Å²) in [5.74, 6) is 0. The minimum atomic E-state index is -3.15. The largest absolute Gasteiger partial charge is 0.455 e. The van der Waals surface area contributed by atoms with E-state index in [0.29, 0.717) is 0 Å². The molecule has 9 aromatic carbocycles. The Morgan fingerprint density at radius 1 is 0.446 bits per heavy atom. The number of hydrogen-bond donors (Lipinski definition) is 0. The van der Waals surface area contributed by atoms with Crippen LogP contribution in [0.25, 0.3) is 71.7 Å². The first-order valence-electron chi connectivity index (χ1n) is 23.1. The fourth-order valence-corrected chi connectivity index (χ4v) is 16.9. The van der Waals surface area contributed by atoms with Gasteiger partial charge in [-0.15, -0.1) is 0 Å². The van der Waals surface area contributed by atoms with Gasteiger partial charge in [0, 0.05) is 27.3 Å². The maximum atomic E-state index is 6.83. The molecule has 2 aromatic heterocycles. The van der Waals surface area contributed by atoms with Crippen molar-refractivity contribution in [2.75, 3.05) is 0 Å². The Morgan fingerprint density at radius 3 is 1.62 bits per heavy atom. The van der Waals surface area contributed by atoms with Gasteiger partial charge < -0.3 is 8.98 Å². The molecule has 1 aliphatic carbocycles. The van der Waals surface area contributed by atoms with E-state index in [9.17, 15) is 0 Å². The minimum Gasteiger partial charge on any atom is -0.455 e. The summed E-state index contributed by atoms with van der Waals surface area (Å²) in [6.45, 7) is 9.91. The van der Waals surface area contributed by atoms with Gasteiger partial charge in [0.15, 0.2) is 8.07 Å². The van der Waals surface area contributed by atoms with Gasteiger partial charge in [-0.05, 0) is 90.9 Å². The summed E-state index contributed by atoms with van der Waals surface area (Å²) in [5, 5.41) is 10.2. The van der Waals surface area contributed by atoms with Crippen LogP contribution in [0.4, 0.5) is 0 Å². The minimum absolute atomic E-state index is 0.0291. The molecule has 11 aromatic rings. The Labute approximate surface area is 382 Å². The number of hydrogen-bond acceptors (Lipinski definition) is 1. The molecular formula is C62H51NOSi. The molecule has 2 heterocycles. The predicted octanol–water partition coefficient (Wildman–Crippen LogP) is 13.7. The summed E-state index contributed by atoms with van der Waals surface area (Å²) >= 11 is 0. The number of furan rings is 1. The van der Waals surface area contributed by atoms with Crippen molar-refractivity contribution >= 4 is 72.6 Å². The fraction of sp³-hybridized carbons (Fsp3) is 0.129. The lowest BCUT2D eigenvalue weighted by molar-refractivity contribution is 0.333. The molecule has 2 nitrogen and oxygen atoms in total. The highest BCUT2D eigenvalue weighted by atomic mass is 28.3. The van der Waals surface area contributed by atoms with Gasteiger partial charge in [-0.25, -0.2) is 0 Å². The molecule has 0 amide bonds. The van der Waals surface area contributed by atoms with Crippen LogP contribution >= 0.6 is 0 Å². The molecule has 0 N–H and O–H groups in total. The van der Waals surface area contributed by atoms with Gasteiger partial charge in [-0.2, -0.15) is 0 Å².